The van der Waals surface area contributed by atoms with E-state index in [4.69, 9.17) is 0 Å². The van der Waals surface area contributed by atoms with Gasteiger partial charge in [-0.05, 0) is 68.1 Å². The second-order valence-corrected chi connectivity index (χ2v) is 7.20. The quantitative estimate of drug-likeness (QED) is 0.752. The highest BCUT2D eigenvalue weighted by molar-refractivity contribution is 5.06. The van der Waals surface area contributed by atoms with Gasteiger partial charge in [0.2, 0.25) is 0 Å². The molecule has 4 fully saturated rings. The third-order valence-corrected chi connectivity index (χ3v) is 6.25. The highest BCUT2D eigenvalue weighted by Gasteiger charge is 2.54. The molecule has 4 saturated carbocycles. The maximum Gasteiger partial charge on any atom is 0.0103 e. The Morgan fingerprint density at radius 1 is 0.875 bits per heavy atom. The molecule has 0 spiro atoms. The summed E-state index contributed by atoms with van der Waals surface area (Å²) < 4.78 is 0. The first kappa shape index (κ1) is 9.94. The van der Waals surface area contributed by atoms with E-state index >= 15 is 0 Å². The highest BCUT2D eigenvalue weighted by atomic mass is 15.0. The molecule has 0 aromatic heterocycles. The van der Waals surface area contributed by atoms with Crippen molar-refractivity contribution in [2.75, 3.05) is 0 Å². The summed E-state index contributed by atoms with van der Waals surface area (Å²) in [6, 6.07) is 1.81. The van der Waals surface area contributed by atoms with Crippen molar-refractivity contribution < 1.29 is 0 Å². The first-order valence-electron chi connectivity index (χ1n) is 7.57. The molecule has 4 aliphatic rings. The summed E-state index contributed by atoms with van der Waals surface area (Å²) in [6.07, 6.45) is 10.7. The van der Waals surface area contributed by atoms with E-state index < -0.39 is 0 Å². The van der Waals surface area contributed by atoms with Gasteiger partial charge < -0.3 is 5.32 Å². The van der Waals surface area contributed by atoms with Crippen LogP contribution >= 0.6 is 0 Å². The SMILES string of the molecule is CC1CC(NC2CC3CC2C2CCCC32)C1. The van der Waals surface area contributed by atoms with Crippen LogP contribution in [0.15, 0.2) is 0 Å². The zero-order valence-corrected chi connectivity index (χ0v) is 10.5. The molecule has 0 aromatic rings. The molecule has 0 amide bonds. The van der Waals surface area contributed by atoms with E-state index in [0.717, 1.165) is 41.7 Å². The van der Waals surface area contributed by atoms with Gasteiger partial charge in [0.15, 0.2) is 0 Å². The molecule has 4 rings (SSSR count). The molecule has 0 aromatic carbocycles. The lowest BCUT2D eigenvalue weighted by molar-refractivity contribution is 0.155. The fraction of sp³-hybridized carbons (Fsp3) is 1.00. The van der Waals surface area contributed by atoms with Crippen LogP contribution in [0.1, 0.15) is 51.9 Å². The van der Waals surface area contributed by atoms with Gasteiger partial charge >= 0.3 is 0 Å². The number of fused-ring (bicyclic) bond motifs is 5. The predicted molar refractivity (Wildman–Crippen MR) is 66.2 cm³/mol. The van der Waals surface area contributed by atoms with Gasteiger partial charge in [0.1, 0.15) is 0 Å². The lowest BCUT2D eigenvalue weighted by Gasteiger charge is -2.40. The zero-order chi connectivity index (χ0) is 10.7. The fourth-order valence-corrected chi connectivity index (χ4v) is 5.60. The molecule has 0 saturated heterocycles. The minimum Gasteiger partial charge on any atom is -0.311 e. The Bertz CT molecular complexity index is 281. The van der Waals surface area contributed by atoms with Gasteiger partial charge in [0.05, 0.1) is 0 Å². The van der Waals surface area contributed by atoms with Crippen molar-refractivity contribution in [3.8, 4) is 0 Å². The number of hydrogen-bond acceptors (Lipinski definition) is 1. The summed E-state index contributed by atoms with van der Waals surface area (Å²) in [5, 5.41) is 3.99. The van der Waals surface area contributed by atoms with Crippen LogP contribution < -0.4 is 5.32 Å². The average molecular weight is 219 g/mol. The van der Waals surface area contributed by atoms with E-state index in [1.807, 2.05) is 0 Å². The van der Waals surface area contributed by atoms with Crippen LogP contribution in [-0.4, -0.2) is 12.1 Å². The molecule has 0 heterocycles. The van der Waals surface area contributed by atoms with Crippen LogP contribution in [-0.2, 0) is 0 Å². The molecule has 4 aliphatic carbocycles. The van der Waals surface area contributed by atoms with Gasteiger partial charge in [-0.1, -0.05) is 13.3 Å². The summed E-state index contributed by atoms with van der Waals surface area (Å²) in [4.78, 5) is 0. The first-order chi connectivity index (χ1) is 7.81. The molecule has 1 heteroatoms. The van der Waals surface area contributed by atoms with E-state index in [1.54, 1.807) is 19.3 Å². The summed E-state index contributed by atoms with van der Waals surface area (Å²) in [5.41, 5.74) is 0. The average Bonchev–Trinajstić information content (AvgIpc) is 2.85. The molecule has 1 nitrogen and oxygen atoms in total. The Morgan fingerprint density at radius 3 is 2.50 bits per heavy atom. The number of nitrogens with one attached hydrogen (secondary N) is 1. The maximum atomic E-state index is 3.99. The van der Waals surface area contributed by atoms with E-state index in [-0.39, 0.29) is 0 Å². The van der Waals surface area contributed by atoms with E-state index in [0.29, 0.717) is 0 Å². The fourth-order valence-electron chi connectivity index (χ4n) is 5.60. The Morgan fingerprint density at radius 2 is 1.69 bits per heavy atom. The van der Waals surface area contributed by atoms with Crippen molar-refractivity contribution in [1.29, 1.82) is 0 Å². The monoisotopic (exact) mass is 219 g/mol. The Kier molecular flexibility index (Phi) is 2.16. The topological polar surface area (TPSA) is 12.0 Å². The van der Waals surface area contributed by atoms with Gasteiger partial charge in [-0.2, -0.15) is 0 Å². The van der Waals surface area contributed by atoms with Crippen molar-refractivity contribution in [3.63, 3.8) is 0 Å². The van der Waals surface area contributed by atoms with Crippen molar-refractivity contribution in [1.82, 2.24) is 5.32 Å². The first-order valence-corrected chi connectivity index (χ1v) is 7.57. The molecule has 5 atom stereocenters. The molecule has 0 radical (unpaired) electrons. The second kappa shape index (κ2) is 3.48. The molecule has 5 unspecified atom stereocenters. The van der Waals surface area contributed by atoms with E-state index in [1.165, 1.54) is 25.7 Å². The van der Waals surface area contributed by atoms with Gasteiger partial charge in [0, 0.05) is 12.1 Å². The number of rotatable bonds is 2. The van der Waals surface area contributed by atoms with Gasteiger partial charge in [0.25, 0.3) is 0 Å². The molecule has 16 heavy (non-hydrogen) atoms. The molecule has 90 valence electrons. The Hall–Kier alpha value is -0.0400. The van der Waals surface area contributed by atoms with Crippen molar-refractivity contribution in [2.24, 2.45) is 29.6 Å². The molecular weight excluding hydrogens is 194 g/mol. The highest BCUT2D eigenvalue weighted by Crippen LogP contribution is 2.58. The lowest BCUT2D eigenvalue weighted by atomic mass is 9.76. The lowest BCUT2D eigenvalue weighted by Crippen LogP contribution is -2.49. The summed E-state index contributed by atoms with van der Waals surface area (Å²) in [5.74, 6) is 5.48. The van der Waals surface area contributed by atoms with Gasteiger partial charge in [-0.15, -0.1) is 0 Å². The van der Waals surface area contributed by atoms with Crippen LogP contribution in [0.3, 0.4) is 0 Å². The van der Waals surface area contributed by atoms with E-state index in [2.05, 4.69) is 12.2 Å². The molecule has 0 aliphatic heterocycles. The predicted octanol–water partition coefficient (Wildman–Crippen LogP) is 3.20. The van der Waals surface area contributed by atoms with Crippen LogP contribution in [0.25, 0.3) is 0 Å². The van der Waals surface area contributed by atoms with E-state index in [9.17, 15) is 0 Å². The minimum atomic E-state index is 0.888. The molecule has 2 bridgehead atoms. The van der Waals surface area contributed by atoms with Crippen molar-refractivity contribution in [3.05, 3.63) is 0 Å². The van der Waals surface area contributed by atoms with Gasteiger partial charge in [-0.25, -0.2) is 0 Å². The molecule has 1 N–H and O–H groups in total. The smallest absolute Gasteiger partial charge is 0.0103 e. The summed E-state index contributed by atoms with van der Waals surface area (Å²) in [6.45, 7) is 2.39. The summed E-state index contributed by atoms with van der Waals surface area (Å²) in [7, 11) is 0. The van der Waals surface area contributed by atoms with Crippen molar-refractivity contribution in [2.45, 2.75) is 64.0 Å². The second-order valence-electron chi connectivity index (χ2n) is 7.20. The Balaban J connectivity index is 1.41. The minimum absolute atomic E-state index is 0.888. The third-order valence-electron chi connectivity index (χ3n) is 6.25. The van der Waals surface area contributed by atoms with Crippen LogP contribution in [0.5, 0.6) is 0 Å². The van der Waals surface area contributed by atoms with Crippen molar-refractivity contribution >= 4 is 0 Å². The van der Waals surface area contributed by atoms with Crippen LogP contribution in [0, 0.1) is 29.6 Å². The standard InChI is InChI=1S/C15H25N/c1-9-5-11(6-9)16-15-8-10-7-14(15)13-4-2-3-12(10)13/h9-16H,2-8H2,1H3. The molecular formula is C15H25N. The normalized spacial score (nSPS) is 58.7. The third kappa shape index (κ3) is 1.33. The van der Waals surface area contributed by atoms with Gasteiger partial charge in [-0.3, -0.25) is 0 Å². The number of hydrogen-bond donors (Lipinski definition) is 1. The Labute approximate surface area is 99.4 Å². The maximum absolute atomic E-state index is 3.99. The van der Waals surface area contributed by atoms with Crippen LogP contribution in [0.4, 0.5) is 0 Å². The van der Waals surface area contributed by atoms with Crippen LogP contribution in [0.2, 0.25) is 0 Å². The zero-order valence-electron chi connectivity index (χ0n) is 10.5. The summed E-state index contributed by atoms with van der Waals surface area (Å²) >= 11 is 0. The largest absolute Gasteiger partial charge is 0.311 e.